The number of aromatic nitrogens is 4. The van der Waals surface area contributed by atoms with E-state index in [1.165, 1.54) is 72.0 Å². The monoisotopic (exact) mass is 826 g/mol. The highest BCUT2D eigenvalue weighted by Crippen LogP contribution is 2.61. The molecule has 1 spiro atoms. The van der Waals surface area contributed by atoms with Crippen molar-refractivity contribution < 1.29 is 0 Å². The lowest BCUT2D eigenvalue weighted by Gasteiger charge is -2.35. The molecule has 0 N–H and O–H groups in total. The fourth-order valence-corrected chi connectivity index (χ4v) is 10.6. The van der Waals surface area contributed by atoms with Crippen molar-refractivity contribution in [3.63, 3.8) is 0 Å². The third-order valence-electron chi connectivity index (χ3n) is 13.5. The molecular weight excluding hydrogens is 789 g/mol. The summed E-state index contributed by atoms with van der Waals surface area (Å²) in [6.45, 7) is 0. The van der Waals surface area contributed by atoms with Gasteiger partial charge < -0.3 is 0 Å². The van der Waals surface area contributed by atoms with Crippen LogP contribution >= 0.6 is 0 Å². The third-order valence-corrected chi connectivity index (χ3v) is 13.5. The second kappa shape index (κ2) is 14.8. The molecule has 0 fully saturated rings. The maximum absolute atomic E-state index is 5.35. The number of nitrogens with zero attached hydrogens (tertiary/aromatic N) is 4. The summed E-state index contributed by atoms with van der Waals surface area (Å²) in [6, 6.07) is 78.8. The highest BCUT2D eigenvalue weighted by Gasteiger charge is 2.49. The average Bonchev–Trinajstić information content (AvgIpc) is 3.63. The zero-order valence-corrected chi connectivity index (χ0v) is 35.2. The van der Waals surface area contributed by atoms with Crippen LogP contribution in [-0.2, 0) is 5.41 Å². The van der Waals surface area contributed by atoms with Crippen molar-refractivity contribution in [1.82, 2.24) is 19.9 Å². The maximum Gasteiger partial charge on any atom is 0.164 e. The first-order valence-corrected chi connectivity index (χ1v) is 22.1. The Balaban J connectivity index is 1.04. The molecular formula is C61H38N4. The van der Waals surface area contributed by atoms with Gasteiger partial charge in [0.1, 0.15) is 0 Å². The summed E-state index contributed by atoms with van der Waals surface area (Å²) in [4.78, 5) is 20.1. The Morgan fingerprint density at radius 3 is 1.26 bits per heavy atom. The fraction of sp³-hybridized carbons (Fsp3) is 0.0164. The smallest absolute Gasteiger partial charge is 0.164 e. The van der Waals surface area contributed by atoms with Gasteiger partial charge in [-0.1, -0.05) is 200 Å². The van der Waals surface area contributed by atoms with E-state index in [0.717, 1.165) is 33.4 Å². The van der Waals surface area contributed by atoms with Gasteiger partial charge in [0.05, 0.1) is 5.41 Å². The van der Waals surface area contributed by atoms with E-state index in [1.54, 1.807) is 0 Å². The van der Waals surface area contributed by atoms with Crippen molar-refractivity contribution in [2.75, 3.05) is 0 Å². The van der Waals surface area contributed by atoms with E-state index in [0.29, 0.717) is 17.5 Å². The fourth-order valence-electron chi connectivity index (χ4n) is 10.6. The topological polar surface area (TPSA) is 51.6 Å². The van der Waals surface area contributed by atoms with E-state index in [-0.39, 0.29) is 0 Å². The van der Waals surface area contributed by atoms with Crippen LogP contribution in [0, 0.1) is 0 Å². The van der Waals surface area contributed by atoms with Crippen molar-refractivity contribution in [2.24, 2.45) is 0 Å². The Morgan fingerprint density at radius 1 is 0.262 bits per heavy atom. The first kappa shape index (κ1) is 37.0. The molecule has 0 radical (unpaired) electrons. The van der Waals surface area contributed by atoms with Crippen LogP contribution in [0.25, 0.3) is 101 Å². The van der Waals surface area contributed by atoms with E-state index in [1.807, 2.05) is 24.5 Å². The van der Waals surface area contributed by atoms with Gasteiger partial charge in [-0.15, -0.1) is 0 Å². The van der Waals surface area contributed by atoms with E-state index in [2.05, 4.69) is 211 Å². The Kier molecular flexibility index (Phi) is 8.40. The molecule has 302 valence electrons. The molecule has 9 aromatic carbocycles. The maximum atomic E-state index is 5.35. The van der Waals surface area contributed by atoms with Gasteiger partial charge in [0.2, 0.25) is 0 Å². The zero-order chi connectivity index (χ0) is 42.9. The Bertz CT molecular complexity index is 3600. The molecule has 0 saturated heterocycles. The van der Waals surface area contributed by atoms with Gasteiger partial charge in [0, 0.05) is 29.1 Å². The Hall–Kier alpha value is -8.60. The Labute approximate surface area is 377 Å². The molecule has 2 aliphatic rings. The zero-order valence-electron chi connectivity index (χ0n) is 35.2. The predicted molar refractivity (Wildman–Crippen MR) is 264 cm³/mol. The minimum atomic E-state index is -0.618. The second-order valence-corrected chi connectivity index (χ2v) is 16.9. The molecule has 65 heavy (non-hydrogen) atoms. The van der Waals surface area contributed by atoms with E-state index in [4.69, 9.17) is 15.0 Å². The first-order valence-electron chi connectivity index (χ1n) is 22.1. The van der Waals surface area contributed by atoms with Gasteiger partial charge in [-0.3, -0.25) is 4.98 Å². The number of hydrogen-bond acceptors (Lipinski definition) is 4. The number of pyridine rings is 1. The molecule has 4 nitrogen and oxygen atoms in total. The van der Waals surface area contributed by atoms with Crippen molar-refractivity contribution in [1.29, 1.82) is 0 Å². The lowest BCUT2D eigenvalue weighted by atomic mass is 9.65. The van der Waals surface area contributed by atoms with Crippen molar-refractivity contribution in [3.8, 4) is 89.8 Å². The standard InChI is InChI=1S/C61H38N4/c1-2-14-46-41(12-1)13-11-20-47(46)42-26-30-44(31-27-42)59-63-58(43-28-24-39(25-29-43)40-34-36-62-37-35-40)64-60(65-59)45-32-33-53-49-16-4-3-15-48(49)50-17-5-8-21-54(50)61(57(53)38-45)55-22-9-6-18-51(55)52-19-7-10-23-56(52)61/h1-38H. The average molecular weight is 827 g/mol. The van der Waals surface area contributed by atoms with Crippen LogP contribution in [0.3, 0.4) is 0 Å². The largest absolute Gasteiger partial charge is 0.265 e. The second-order valence-electron chi connectivity index (χ2n) is 16.9. The lowest BCUT2D eigenvalue weighted by molar-refractivity contribution is 0.775. The summed E-state index contributed by atoms with van der Waals surface area (Å²) in [6.07, 6.45) is 3.65. The number of rotatable bonds is 5. The van der Waals surface area contributed by atoms with Crippen LogP contribution in [0.2, 0.25) is 0 Å². The number of benzene rings is 9. The third kappa shape index (κ3) is 5.77. The van der Waals surface area contributed by atoms with Crippen LogP contribution in [0.5, 0.6) is 0 Å². The summed E-state index contributed by atoms with van der Waals surface area (Å²) >= 11 is 0. The minimum Gasteiger partial charge on any atom is -0.265 e. The summed E-state index contributed by atoms with van der Waals surface area (Å²) in [5, 5.41) is 2.44. The minimum absolute atomic E-state index is 0.612. The predicted octanol–water partition coefficient (Wildman–Crippen LogP) is 14.8. The van der Waals surface area contributed by atoms with Crippen molar-refractivity contribution in [2.45, 2.75) is 5.41 Å². The van der Waals surface area contributed by atoms with Gasteiger partial charge in [-0.05, 0) is 107 Å². The summed E-state index contributed by atoms with van der Waals surface area (Å²) < 4.78 is 0. The molecule has 0 unspecified atom stereocenters. The molecule has 0 aliphatic heterocycles. The summed E-state index contributed by atoms with van der Waals surface area (Å²) in [5.74, 6) is 1.84. The van der Waals surface area contributed by atoms with Crippen LogP contribution in [0.1, 0.15) is 22.3 Å². The number of fused-ring (bicyclic) bond motifs is 13. The molecule has 11 aromatic rings. The lowest BCUT2D eigenvalue weighted by Crippen LogP contribution is -2.29. The number of hydrogen-bond donors (Lipinski definition) is 0. The van der Waals surface area contributed by atoms with Crippen molar-refractivity contribution >= 4 is 10.8 Å². The SMILES string of the molecule is c1ccc2c(c1)-c1ccccc1C1(c3cc(-c4nc(-c5ccc(-c6ccncc6)cc5)nc(-c5ccc(-c6cccc7ccccc67)cc5)n4)ccc3-2)c2ccccc2-c2ccccc21. The van der Waals surface area contributed by atoms with Gasteiger partial charge in [0.15, 0.2) is 17.5 Å². The highest BCUT2D eigenvalue weighted by molar-refractivity contribution is 5.99. The van der Waals surface area contributed by atoms with E-state index in [9.17, 15) is 0 Å². The van der Waals surface area contributed by atoms with Gasteiger partial charge in [-0.2, -0.15) is 0 Å². The van der Waals surface area contributed by atoms with Gasteiger partial charge >= 0.3 is 0 Å². The van der Waals surface area contributed by atoms with Gasteiger partial charge in [-0.25, -0.2) is 15.0 Å². The highest BCUT2D eigenvalue weighted by atomic mass is 15.0. The van der Waals surface area contributed by atoms with Crippen molar-refractivity contribution in [3.05, 3.63) is 253 Å². The van der Waals surface area contributed by atoms with Crippen LogP contribution in [-0.4, -0.2) is 19.9 Å². The van der Waals surface area contributed by atoms with Crippen LogP contribution in [0.15, 0.2) is 231 Å². The molecule has 0 saturated carbocycles. The van der Waals surface area contributed by atoms with Gasteiger partial charge in [0.25, 0.3) is 0 Å². The normalized spacial score (nSPS) is 12.7. The molecule has 0 atom stereocenters. The summed E-state index contributed by atoms with van der Waals surface area (Å²) in [5.41, 5.74) is 19.1. The molecule has 4 heteroatoms. The van der Waals surface area contributed by atoms with E-state index < -0.39 is 5.41 Å². The summed E-state index contributed by atoms with van der Waals surface area (Å²) in [7, 11) is 0. The van der Waals surface area contributed by atoms with Crippen LogP contribution < -0.4 is 0 Å². The van der Waals surface area contributed by atoms with E-state index >= 15 is 0 Å². The van der Waals surface area contributed by atoms with Crippen LogP contribution in [0.4, 0.5) is 0 Å². The molecule has 0 bridgehead atoms. The molecule has 2 aromatic heterocycles. The molecule has 2 aliphatic carbocycles. The molecule has 13 rings (SSSR count). The first-order chi connectivity index (χ1) is 32.2. The quantitative estimate of drug-likeness (QED) is 0.173. The molecule has 2 heterocycles. The Morgan fingerprint density at radius 2 is 0.662 bits per heavy atom. The molecule has 0 amide bonds.